The molecule has 32 heavy (non-hydrogen) atoms. The summed E-state index contributed by atoms with van der Waals surface area (Å²) < 4.78 is 6.15. The van der Waals surface area contributed by atoms with Crippen LogP contribution in [-0.4, -0.2) is 43.2 Å². The number of carboxylic acids is 2. The highest BCUT2D eigenvalue weighted by Gasteiger charge is 2.42. The molecule has 0 bridgehead atoms. The number of nitrogens with zero attached hydrogens (tertiary/aromatic N) is 2. The van der Waals surface area contributed by atoms with Gasteiger partial charge in [0.1, 0.15) is 17.6 Å². The molecule has 1 aliphatic heterocycles. The van der Waals surface area contributed by atoms with Gasteiger partial charge in [-0.1, -0.05) is 6.07 Å². The summed E-state index contributed by atoms with van der Waals surface area (Å²) in [7, 11) is 0. The zero-order valence-electron chi connectivity index (χ0n) is 17.4. The number of carbonyl (C=O) groups is 2. The molecule has 1 aliphatic rings. The second kappa shape index (κ2) is 8.43. The maximum absolute atomic E-state index is 11.5. The van der Waals surface area contributed by atoms with Gasteiger partial charge >= 0.3 is 11.9 Å². The molecule has 0 radical (unpaired) electrons. The average molecular weight is 452 g/mol. The molecular formula is C23H21N3O5S. The predicted octanol–water partition coefficient (Wildman–Crippen LogP) is 4.12. The summed E-state index contributed by atoms with van der Waals surface area (Å²) in [5, 5.41) is 22.6. The lowest BCUT2D eigenvalue weighted by Gasteiger charge is -2.29. The van der Waals surface area contributed by atoms with Crippen molar-refractivity contribution in [2.24, 2.45) is 0 Å². The van der Waals surface area contributed by atoms with Gasteiger partial charge in [-0.25, -0.2) is 9.59 Å². The zero-order valence-corrected chi connectivity index (χ0v) is 18.2. The highest BCUT2D eigenvalue weighted by Crippen LogP contribution is 2.41. The Morgan fingerprint density at radius 2 is 1.78 bits per heavy atom. The fraction of sp³-hybridized carbons (Fsp3) is 0.217. The Morgan fingerprint density at radius 3 is 2.34 bits per heavy atom. The minimum absolute atomic E-state index is 0.0798. The largest absolute Gasteiger partial charge is 0.478 e. The van der Waals surface area contributed by atoms with Crippen molar-refractivity contribution in [2.75, 3.05) is 0 Å². The topological polar surface area (TPSA) is 116 Å². The molecule has 9 heteroatoms. The minimum atomic E-state index is -1.22. The van der Waals surface area contributed by atoms with Crippen molar-refractivity contribution in [1.29, 1.82) is 0 Å². The second-order valence-corrected chi connectivity index (χ2v) is 8.13. The average Bonchev–Trinajstić information content (AvgIpc) is 3.38. The van der Waals surface area contributed by atoms with Crippen molar-refractivity contribution < 1.29 is 24.2 Å². The van der Waals surface area contributed by atoms with Crippen LogP contribution in [0.1, 0.15) is 58.1 Å². The number of pyridine rings is 1. The number of aromatic nitrogens is 1. The van der Waals surface area contributed by atoms with E-state index in [1.54, 1.807) is 18.3 Å². The van der Waals surface area contributed by atoms with Crippen molar-refractivity contribution in [1.82, 2.24) is 15.2 Å². The van der Waals surface area contributed by atoms with Gasteiger partial charge in [-0.05, 0) is 68.5 Å². The first-order valence-corrected chi connectivity index (χ1v) is 10.4. The molecule has 0 amide bonds. The van der Waals surface area contributed by atoms with E-state index in [1.165, 1.54) is 12.1 Å². The first-order chi connectivity index (χ1) is 15.3. The van der Waals surface area contributed by atoms with E-state index in [1.807, 2.05) is 36.9 Å². The molecule has 1 saturated heterocycles. The molecule has 3 aromatic rings. The van der Waals surface area contributed by atoms with Gasteiger partial charge < -0.3 is 24.8 Å². The second-order valence-electron chi connectivity index (χ2n) is 7.74. The summed E-state index contributed by atoms with van der Waals surface area (Å²) in [6, 6.07) is 12.6. The van der Waals surface area contributed by atoms with E-state index >= 15 is 0 Å². The Bertz CT molecular complexity index is 1160. The molecule has 0 aliphatic carbocycles. The van der Waals surface area contributed by atoms with Crippen LogP contribution in [0, 0.1) is 0 Å². The number of rotatable bonds is 6. The van der Waals surface area contributed by atoms with Gasteiger partial charge in [0.2, 0.25) is 0 Å². The third-order valence-corrected chi connectivity index (χ3v) is 5.65. The molecule has 4 rings (SSSR count). The molecule has 2 aromatic heterocycles. The number of aromatic carboxylic acids is 2. The van der Waals surface area contributed by atoms with E-state index in [0.29, 0.717) is 22.2 Å². The van der Waals surface area contributed by atoms with E-state index in [0.717, 1.165) is 11.8 Å². The SMILES string of the molecule is CC(C)N1C(=S)NC(c2ccccn2)C1c1ccc(-c2cc(C(=O)O)cc(C(=O)O)c2)o1. The number of hydrogen-bond donors (Lipinski definition) is 3. The smallest absolute Gasteiger partial charge is 0.335 e. The van der Waals surface area contributed by atoms with Crippen molar-refractivity contribution >= 4 is 29.3 Å². The van der Waals surface area contributed by atoms with Crippen LogP contribution < -0.4 is 5.32 Å². The first-order valence-electron chi connectivity index (χ1n) is 9.98. The molecule has 3 heterocycles. The molecule has 1 aromatic carbocycles. The third kappa shape index (κ3) is 3.94. The zero-order chi connectivity index (χ0) is 23.0. The quantitative estimate of drug-likeness (QED) is 0.476. The van der Waals surface area contributed by atoms with Crippen LogP contribution in [0.3, 0.4) is 0 Å². The molecule has 3 N–H and O–H groups in total. The Morgan fingerprint density at radius 1 is 1.09 bits per heavy atom. The summed E-state index contributed by atoms with van der Waals surface area (Å²) in [5.74, 6) is -1.46. The fourth-order valence-corrected chi connectivity index (χ4v) is 4.36. The van der Waals surface area contributed by atoms with Gasteiger partial charge in [0, 0.05) is 17.8 Å². The number of hydrogen-bond acceptors (Lipinski definition) is 5. The molecular weight excluding hydrogens is 430 g/mol. The van der Waals surface area contributed by atoms with E-state index in [-0.39, 0.29) is 29.3 Å². The maximum atomic E-state index is 11.5. The standard InChI is InChI=1S/C23H21N3O5S/c1-12(2)26-20(19(25-23(26)32)16-5-3-4-8-24-16)18-7-6-17(31-18)13-9-14(21(27)28)11-15(10-13)22(29)30/h3-12,19-20H,1-2H3,(H,25,32)(H,27,28)(H,29,30). The van der Waals surface area contributed by atoms with Crippen LogP contribution in [-0.2, 0) is 0 Å². The van der Waals surface area contributed by atoms with Crippen LogP contribution in [0.5, 0.6) is 0 Å². The Kier molecular flexibility index (Phi) is 5.67. The van der Waals surface area contributed by atoms with Crippen LogP contribution in [0.15, 0.2) is 59.1 Å². The van der Waals surface area contributed by atoms with Crippen molar-refractivity contribution in [3.63, 3.8) is 0 Å². The summed E-state index contributed by atoms with van der Waals surface area (Å²) in [6.45, 7) is 4.06. The molecule has 164 valence electrons. The van der Waals surface area contributed by atoms with E-state index in [9.17, 15) is 19.8 Å². The highest BCUT2D eigenvalue weighted by atomic mass is 32.1. The van der Waals surface area contributed by atoms with Crippen LogP contribution in [0.25, 0.3) is 11.3 Å². The molecule has 0 spiro atoms. The van der Waals surface area contributed by atoms with Crippen molar-refractivity contribution in [3.8, 4) is 11.3 Å². The molecule has 1 fully saturated rings. The van der Waals surface area contributed by atoms with Crippen molar-refractivity contribution in [3.05, 3.63) is 77.3 Å². The number of nitrogens with one attached hydrogen (secondary N) is 1. The number of benzene rings is 1. The van der Waals surface area contributed by atoms with E-state index < -0.39 is 11.9 Å². The van der Waals surface area contributed by atoms with E-state index in [4.69, 9.17) is 16.6 Å². The number of thiocarbonyl (C=S) groups is 1. The Labute approximate surface area is 189 Å². The lowest BCUT2D eigenvalue weighted by atomic mass is 10.0. The minimum Gasteiger partial charge on any atom is -0.478 e. The van der Waals surface area contributed by atoms with E-state index in [2.05, 4.69) is 10.3 Å². The predicted molar refractivity (Wildman–Crippen MR) is 120 cm³/mol. The van der Waals surface area contributed by atoms with Gasteiger partial charge in [-0.3, -0.25) is 4.98 Å². The Hall–Kier alpha value is -3.72. The summed E-state index contributed by atoms with van der Waals surface area (Å²) in [6.07, 6.45) is 1.72. The van der Waals surface area contributed by atoms with Crippen LogP contribution in [0.4, 0.5) is 0 Å². The number of carboxylic acid groups (broad SMARTS) is 2. The first kappa shape index (κ1) is 21.5. The van der Waals surface area contributed by atoms with Crippen LogP contribution >= 0.6 is 12.2 Å². The normalized spacial score (nSPS) is 18.1. The summed E-state index contributed by atoms with van der Waals surface area (Å²) in [4.78, 5) is 29.4. The fourth-order valence-electron chi connectivity index (χ4n) is 3.91. The molecule has 0 saturated carbocycles. The summed E-state index contributed by atoms with van der Waals surface area (Å²) in [5.41, 5.74) is 0.919. The monoisotopic (exact) mass is 451 g/mol. The van der Waals surface area contributed by atoms with Gasteiger partial charge in [0.15, 0.2) is 5.11 Å². The molecule has 8 nitrogen and oxygen atoms in total. The molecule has 2 atom stereocenters. The van der Waals surface area contributed by atoms with Gasteiger partial charge in [0.25, 0.3) is 0 Å². The third-order valence-electron chi connectivity index (χ3n) is 5.32. The van der Waals surface area contributed by atoms with Gasteiger partial charge in [0.05, 0.1) is 22.9 Å². The lowest BCUT2D eigenvalue weighted by molar-refractivity contribution is 0.0696. The van der Waals surface area contributed by atoms with Gasteiger partial charge in [-0.2, -0.15) is 0 Å². The van der Waals surface area contributed by atoms with Crippen LogP contribution in [0.2, 0.25) is 0 Å². The number of furan rings is 1. The van der Waals surface area contributed by atoms with Crippen molar-refractivity contribution in [2.45, 2.75) is 32.0 Å². The molecule has 2 unspecified atom stereocenters. The summed E-state index contributed by atoms with van der Waals surface area (Å²) >= 11 is 5.58. The Balaban J connectivity index is 1.78. The van der Waals surface area contributed by atoms with Gasteiger partial charge in [-0.15, -0.1) is 0 Å². The highest BCUT2D eigenvalue weighted by molar-refractivity contribution is 7.80. The lowest BCUT2D eigenvalue weighted by Crippen LogP contribution is -2.35. The maximum Gasteiger partial charge on any atom is 0.335 e.